The van der Waals surface area contributed by atoms with E-state index in [1.165, 1.54) is 7.11 Å². The Morgan fingerprint density at radius 3 is 2.72 bits per heavy atom. The average Bonchev–Trinajstić information content (AvgIpc) is 2.48. The monoisotopic (exact) mass is 364 g/mol. The van der Waals surface area contributed by atoms with E-state index in [9.17, 15) is 4.79 Å². The highest BCUT2D eigenvalue weighted by molar-refractivity contribution is 6.30. The van der Waals surface area contributed by atoms with Crippen LogP contribution in [0.2, 0.25) is 5.15 Å². The Morgan fingerprint density at radius 1 is 1.36 bits per heavy atom. The smallest absolute Gasteiger partial charge is 0.248 e. The van der Waals surface area contributed by atoms with E-state index in [0.717, 1.165) is 16.3 Å². The number of carbonyl (C=O) groups excluding carboxylic acids is 1. The Hall–Kier alpha value is -1.96. The van der Waals surface area contributed by atoms with E-state index < -0.39 is 5.54 Å². The van der Waals surface area contributed by atoms with Crippen LogP contribution in [0.15, 0.2) is 18.5 Å². The predicted molar refractivity (Wildman–Crippen MR) is 94.6 cm³/mol. The number of hydrogen-bond acceptors (Lipinski definition) is 6. The van der Waals surface area contributed by atoms with Crippen LogP contribution in [-0.2, 0) is 15.1 Å². The van der Waals surface area contributed by atoms with Crippen LogP contribution < -0.4 is 10.5 Å². The summed E-state index contributed by atoms with van der Waals surface area (Å²) in [6.45, 7) is 4.91. The van der Waals surface area contributed by atoms with Crippen molar-refractivity contribution >= 4 is 28.3 Å². The van der Waals surface area contributed by atoms with E-state index in [0.29, 0.717) is 24.1 Å². The molecule has 2 aromatic heterocycles. The molecule has 1 aliphatic rings. The van der Waals surface area contributed by atoms with Crippen molar-refractivity contribution in [2.24, 2.45) is 5.73 Å². The van der Waals surface area contributed by atoms with Gasteiger partial charge in [0.25, 0.3) is 0 Å². The second kappa shape index (κ2) is 6.74. The third kappa shape index (κ3) is 3.68. The van der Waals surface area contributed by atoms with Gasteiger partial charge < -0.3 is 20.1 Å². The average molecular weight is 365 g/mol. The standard InChI is InChI=1S/C17H21ClN4O3/c1-17(2,19)13-6-21-16(12-5-20-14(18)4-11(12)13)25-10-7-22(8-10)15(23)9-24-3/h4-6,10H,7-9,19H2,1-3H3. The van der Waals surface area contributed by atoms with Crippen LogP contribution in [0, 0.1) is 0 Å². The lowest BCUT2D eigenvalue weighted by Crippen LogP contribution is -2.57. The Morgan fingerprint density at radius 2 is 2.08 bits per heavy atom. The molecule has 7 nitrogen and oxygen atoms in total. The number of amides is 1. The Bertz CT molecular complexity index is 800. The maximum absolute atomic E-state index is 11.7. The predicted octanol–water partition coefficient (Wildman–Crippen LogP) is 1.71. The minimum Gasteiger partial charge on any atom is -0.470 e. The number of ether oxygens (including phenoxy) is 2. The Balaban J connectivity index is 1.83. The molecule has 134 valence electrons. The largest absolute Gasteiger partial charge is 0.470 e. The molecule has 0 saturated carbocycles. The van der Waals surface area contributed by atoms with E-state index in [-0.39, 0.29) is 18.6 Å². The van der Waals surface area contributed by atoms with Crippen molar-refractivity contribution in [3.8, 4) is 5.88 Å². The number of methoxy groups -OCH3 is 1. The van der Waals surface area contributed by atoms with E-state index >= 15 is 0 Å². The van der Waals surface area contributed by atoms with Crippen molar-refractivity contribution in [1.82, 2.24) is 14.9 Å². The number of pyridine rings is 2. The van der Waals surface area contributed by atoms with Gasteiger partial charge in [-0.25, -0.2) is 9.97 Å². The second-order valence-electron chi connectivity index (χ2n) is 6.72. The summed E-state index contributed by atoms with van der Waals surface area (Å²) in [7, 11) is 1.50. The van der Waals surface area contributed by atoms with Crippen molar-refractivity contribution < 1.29 is 14.3 Å². The van der Waals surface area contributed by atoms with E-state index in [4.69, 9.17) is 26.8 Å². The lowest BCUT2D eigenvalue weighted by atomic mass is 9.93. The summed E-state index contributed by atoms with van der Waals surface area (Å²) in [5, 5.41) is 2.00. The zero-order valence-electron chi connectivity index (χ0n) is 14.5. The topological polar surface area (TPSA) is 90.6 Å². The van der Waals surface area contributed by atoms with Gasteiger partial charge in [-0.1, -0.05) is 11.6 Å². The molecular formula is C17H21ClN4O3. The van der Waals surface area contributed by atoms with Crippen LogP contribution >= 0.6 is 11.6 Å². The van der Waals surface area contributed by atoms with Crippen molar-refractivity contribution in [3.05, 3.63) is 29.2 Å². The molecule has 8 heteroatoms. The van der Waals surface area contributed by atoms with Crippen LogP contribution in [0.4, 0.5) is 0 Å². The lowest BCUT2D eigenvalue weighted by molar-refractivity contribution is -0.144. The second-order valence-corrected chi connectivity index (χ2v) is 7.11. The first-order valence-electron chi connectivity index (χ1n) is 7.96. The van der Waals surface area contributed by atoms with Crippen LogP contribution in [0.5, 0.6) is 5.88 Å². The first-order chi connectivity index (χ1) is 11.8. The summed E-state index contributed by atoms with van der Waals surface area (Å²) in [6.07, 6.45) is 3.24. The normalized spacial score (nSPS) is 15.3. The molecule has 0 unspecified atom stereocenters. The number of fused-ring (bicyclic) bond motifs is 1. The van der Waals surface area contributed by atoms with Crippen LogP contribution in [-0.4, -0.2) is 53.7 Å². The number of aromatic nitrogens is 2. The minimum atomic E-state index is -0.575. The summed E-state index contributed by atoms with van der Waals surface area (Å²) in [5.41, 5.74) is 6.53. The first kappa shape index (κ1) is 17.8. The summed E-state index contributed by atoms with van der Waals surface area (Å²) >= 11 is 6.05. The third-order valence-electron chi connectivity index (χ3n) is 4.14. The zero-order valence-corrected chi connectivity index (χ0v) is 15.2. The van der Waals surface area contributed by atoms with Gasteiger partial charge in [0.1, 0.15) is 17.9 Å². The quantitative estimate of drug-likeness (QED) is 0.812. The van der Waals surface area contributed by atoms with Gasteiger partial charge in [-0.15, -0.1) is 0 Å². The molecule has 0 spiro atoms. The van der Waals surface area contributed by atoms with Gasteiger partial charge in [0.15, 0.2) is 0 Å². The minimum absolute atomic E-state index is 0.0474. The third-order valence-corrected chi connectivity index (χ3v) is 4.35. The van der Waals surface area contributed by atoms with E-state index in [1.807, 2.05) is 13.8 Å². The summed E-state index contributed by atoms with van der Waals surface area (Å²) in [4.78, 5) is 22.0. The molecule has 0 aliphatic carbocycles. The van der Waals surface area contributed by atoms with Crippen LogP contribution in [0.25, 0.3) is 10.8 Å². The fraction of sp³-hybridized carbons (Fsp3) is 0.471. The van der Waals surface area contributed by atoms with Gasteiger partial charge in [-0.2, -0.15) is 0 Å². The van der Waals surface area contributed by atoms with Crippen LogP contribution in [0.1, 0.15) is 19.4 Å². The number of carbonyl (C=O) groups is 1. The molecule has 3 rings (SSSR count). The molecule has 0 radical (unpaired) electrons. The van der Waals surface area contributed by atoms with E-state index in [1.54, 1.807) is 23.4 Å². The molecular weight excluding hydrogens is 344 g/mol. The highest BCUT2D eigenvalue weighted by atomic mass is 35.5. The fourth-order valence-electron chi connectivity index (χ4n) is 2.78. The number of nitrogens with two attached hydrogens (primary N) is 1. The molecule has 25 heavy (non-hydrogen) atoms. The number of likely N-dealkylation sites (tertiary alicyclic amines) is 1. The highest BCUT2D eigenvalue weighted by Crippen LogP contribution is 2.33. The zero-order chi connectivity index (χ0) is 18.2. The van der Waals surface area contributed by atoms with Crippen molar-refractivity contribution in [2.75, 3.05) is 26.8 Å². The summed E-state index contributed by atoms with van der Waals surface area (Å²) in [6, 6.07) is 1.77. The van der Waals surface area contributed by atoms with Crippen LogP contribution in [0.3, 0.4) is 0 Å². The highest BCUT2D eigenvalue weighted by Gasteiger charge is 2.33. The SMILES string of the molecule is COCC(=O)N1CC(Oc2ncc(C(C)(C)N)c3cc(Cl)ncc23)C1. The van der Waals surface area contributed by atoms with Gasteiger partial charge in [-0.05, 0) is 30.9 Å². The molecule has 2 N–H and O–H groups in total. The van der Waals surface area contributed by atoms with Crippen molar-refractivity contribution in [3.63, 3.8) is 0 Å². The number of nitrogens with zero attached hydrogens (tertiary/aromatic N) is 3. The van der Waals surface area contributed by atoms with Gasteiger partial charge in [0, 0.05) is 25.0 Å². The molecule has 0 aromatic carbocycles. The molecule has 1 aliphatic heterocycles. The van der Waals surface area contributed by atoms with Gasteiger partial charge >= 0.3 is 0 Å². The van der Waals surface area contributed by atoms with E-state index in [2.05, 4.69) is 9.97 Å². The lowest BCUT2D eigenvalue weighted by Gasteiger charge is -2.38. The molecule has 2 aromatic rings. The maximum Gasteiger partial charge on any atom is 0.248 e. The Kier molecular flexibility index (Phi) is 4.81. The number of rotatable bonds is 5. The Labute approximate surface area is 151 Å². The fourth-order valence-corrected chi connectivity index (χ4v) is 2.94. The summed E-state index contributed by atoms with van der Waals surface area (Å²) in [5.74, 6) is 0.421. The molecule has 3 heterocycles. The first-order valence-corrected chi connectivity index (χ1v) is 8.34. The van der Waals surface area contributed by atoms with Crippen molar-refractivity contribution in [1.29, 1.82) is 0 Å². The molecule has 1 fully saturated rings. The molecule has 1 amide bonds. The number of halogens is 1. The van der Waals surface area contributed by atoms with Gasteiger partial charge in [0.2, 0.25) is 11.8 Å². The molecule has 0 atom stereocenters. The number of hydrogen-bond donors (Lipinski definition) is 1. The molecule has 0 bridgehead atoms. The molecule has 1 saturated heterocycles. The summed E-state index contributed by atoms with van der Waals surface area (Å²) < 4.78 is 10.8. The van der Waals surface area contributed by atoms with Gasteiger partial charge in [0.05, 0.1) is 18.5 Å². The van der Waals surface area contributed by atoms with Crippen molar-refractivity contribution in [2.45, 2.75) is 25.5 Å². The maximum atomic E-state index is 11.7. The van der Waals surface area contributed by atoms with Gasteiger partial charge in [-0.3, -0.25) is 4.79 Å².